The maximum Gasteiger partial charge on any atom is 0.335 e. The molecule has 7 aromatic rings. The Hall–Kier alpha value is -7.96. The summed E-state index contributed by atoms with van der Waals surface area (Å²) >= 11 is 0. The summed E-state index contributed by atoms with van der Waals surface area (Å²) in [6.07, 6.45) is 10.7. The van der Waals surface area contributed by atoms with Gasteiger partial charge in [-0.25, -0.2) is 9.59 Å². The number of hydrogen-bond acceptors (Lipinski definition) is 6. The first-order valence-electron chi connectivity index (χ1n) is 18.7. The van der Waals surface area contributed by atoms with Gasteiger partial charge in [-0.05, 0) is 119 Å². The van der Waals surface area contributed by atoms with Crippen LogP contribution in [0.2, 0.25) is 0 Å². The second-order valence-electron chi connectivity index (χ2n) is 13.1. The van der Waals surface area contributed by atoms with Crippen LogP contribution < -0.4 is 19.3 Å². The van der Waals surface area contributed by atoms with Crippen molar-refractivity contribution in [1.29, 1.82) is 0 Å². The van der Waals surface area contributed by atoms with Crippen LogP contribution in [-0.2, 0) is 9.59 Å². The first-order valence-corrected chi connectivity index (χ1v) is 18.7. The molecule has 7 aromatic carbocycles. The molecule has 0 saturated carbocycles. The van der Waals surface area contributed by atoms with E-state index in [-0.39, 0.29) is 0 Å². The molecule has 0 heterocycles. The average molecular weight is 757 g/mol. The minimum atomic E-state index is -0.493. The summed E-state index contributed by atoms with van der Waals surface area (Å²) in [5.74, 6) is -0.0684. The van der Waals surface area contributed by atoms with Gasteiger partial charge in [0, 0.05) is 46.3 Å². The lowest BCUT2D eigenvalue weighted by atomic mass is 10.1. The third-order valence-corrected chi connectivity index (χ3v) is 9.16. The summed E-state index contributed by atoms with van der Waals surface area (Å²) in [6, 6.07) is 60.3. The van der Waals surface area contributed by atoms with E-state index in [1.54, 1.807) is 24.3 Å². The van der Waals surface area contributed by atoms with E-state index in [1.165, 1.54) is 0 Å². The van der Waals surface area contributed by atoms with Gasteiger partial charge in [0.05, 0.1) is 0 Å². The van der Waals surface area contributed by atoms with Crippen LogP contribution in [0.5, 0.6) is 11.5 Å². The zero-order valence-corrected chi connectivity index (χ0v) is 31.7. The van der Waals surface area contributed by atoms with Crippen molar-refractivity contribution in [2.24, 2.45) is 0 Å². The standard InChI is InChI=1S/C52H40N2O4/c1-3-51(55)57-49-35-31-47(32-36-49)53(43-11-7-5-8-12-43)45-27-23-41(24-28-45)21-19-39-15-17-40(18-16-39)20-22-42-25-29-46(30-26-42)54(44-13-9-6-10-14-44)48-33-37-50(38-34-48)58-52(56)4-2/h3-38H,1-2H2. The van der Waals surface area contributed by atoms with Crippen LogP contribution in [0, 0.1) is 0 Å². The van der Waals surface area contributed by atoms with E-state index in [2.05, 4.69) is 144 Å². The number of rotatable bonds is 14. The Morgan fingerprint density at radius 1 is 0.345 bits per heavy atom. The zero-order valence-electron chi connectivity index (χ0n) is 31.7. The number of ether oxygens (including phenoxy) is 2. The molecule has 6 heteroatoms. The third-order valence-electron chi connectivity index (χ3n) is 9.16. The van der Waals surface area contributed by atoms with E-state index in [9.17, 15) is 9.59 Å². The van der Waals surface area contributed by atoms with Crippen molar-refractivity contribution in [2.75, 3.05) is 9.80 Å². The highest BCUT2D eigenvalue weighted by atomic mass is 16.5. The maximum absolute atomic E-state index is 11.7. The summed E-state index contributed by atoms with van der Waals surface area (Å²) in [7, 11) is 0. The van der Waals surface area contributed by atoms with Crippen LogP contribution in [0.4, 0.5) is 34.1 Å². The van der Waals surface area contributed by atoms with Crippen LogP contribution in [0.3, 0.4) is 0 Å². The summed E-state index contributed by atoms with van der Waals surface area (Å²) in [5, 5.41) is 0. The lowest BCUT2D eigenvalue weighted by Crippen LogP contribution is -2.10. The molecule has 0 amide bonds. The highest BCUT2D eigenvalue weighted by molar-refractivity contribution is 5.85. The van der Waals surface area contributed by atoms with Gasteiger partial charge in [0.15, 0.2) is 0 Å². The molecular formula is C52H40N2O4. The smallest absolute Gasteiger partial charge is 0.335 e. The molecule has 0 unspecified atom stereocenters. The average Bonchev–Trinajstić information content (AvgIpc) is 3.28. The number of esters is 2. The number of benzene rings is 7. The van der Waals surface area contributed by atoms with Gasteiger partial charge in [-0.2, -0.15) is 0 Å². The summed E-state index contributed by atoms with van der Waals surface area (Å²) in [5.41, 5.74) is 10.2. The molecule has 0 N–H and O–H groups in total. The summed E-state index contributed by atoms with van der Waals surface area (Å²) in [6.45, 7) is 6.93. The lowest BCUT2D eigenvalue weighted by molar-refractivity contribution is -0.129. The normalized spacial score (nSPS) is 10.9. The van der Waals surface area contributed by atoms with Crippen molar-refractivity contribution in [3.05, 3.63) is 230 Å². The fourth-order valence-corrected chi connectivity index (χ4v) is 6.26. The number of anilines is 6. The number of para-hydroxylation sites is 2. The molecule has 0 atom stereocenters. The second-order valence-corrected chi connectivity index (χ2v) is 13.1. The van der Waals surface area contributed by atoms with Crippen molar-refractivity contribution in [3.63, 3.8) is 0 Å². The predicted molar refractivity (Wildman–Crippen MR) is 238 cm³/mol. The molecule has 0 bridgehead atoms. The molecule has 0 radical (unpaired) electrons. The number of nitrogens with zero attached hydrogens (tertiary/aromatic N) is 2. The Morgan fingerprint density at radius 3 is 0.862 bits per heavy atom. The minimum absolute atomic E-state index is 0.459. The molecule has 0 spiro atoms. The Labute approximate surface area is 339 Å². The van der Waals surface area contributed by atoms with Crippen LogP contribution >= 0.6 is 0 Å². The van der Waals surface area contributed by atoms with Crippen LogP contribution in [0.15, 0.2) is 207 Å². The minimum Gasteiger partial charge on any atom is -0.423 e. The molecular weight excluding hydrogens is 717 g/mol. The predicted octanol–water partition coefficient (Wildman–Crippen LogP) is 13.1. The van der Waals surface area contributed by atoms with E-state index in [1.807, 2.05) is 60.7 Å². The third kappa shape index (κ3) is 9.82. The van der Waals surface area contributed by atoms with Gasteiger partial charge < -0.3 is 19.3 Å². The van der Waals surface area contributed by atoms with Crippen molar-refractivity contribution in [3.8, 4) is 11.5 Å². The fourth-order valence-electron chi connectivity index (χ4n) is 6.26. The summed E-state index contributed by atoms with van der Waals surface area (Å²) < 4.78 is 10.5. The maximum atomic E-state index is 11.7. The van der Waals surface area contributed by atoms with Gasteiger partial charge in [-0.15, -0.1) is 0 Å². The first-order chi connectivity index (χ1) is 28.4. The molecule has 0 aliphatic heterocycles. The summed E-state index contributed by atoms with van der Waals surface area (Å²) in [4.78, 5) is 27.6. The molecule has 58 heavy (non-hydrogen) atoms. The molecule has 0 saturated heterocycles. The molecule has 0 fully saturated rings. The molecule has 6 nitrogen and oxygen atoms in total. The molecule has 0 aromatic heterocycles. The quantitative estimate of drug-likeness (QED) is 0.0477. The van der Waals surface area contributed by atoms with E-state index in [4.69, 9.17) is 9.47 Å². The van der Waals surface area contributed by atoms with Gasteiger partial charge in [-0.3, -0.25) is 0 Å². The highest BCUT2D eigenvalue weighted by Crippen LogP contribution is 2.37. The van der Waals surface area contributed by atoms with E-state index in [0.29, 0.717) is 11.5 Å². The van der Waals surface area contributed by atoms with Gasteiger partial charge >= 0.3 is 11.9 Å². The SMILES string of the molecule is C=CC(=O)Oc1ccc(N(c2ccccc2)c2ccc(C=Cc3ccc(C=Cc4ccc(N(c5ccccc5)c5ccc(OC(=O)C=C)cc5)cc4)cc3)cc2)cc1. The topological polar surface area (TPSA) is 59.1 Å². The number of carbonyl (C=O) groups is 2. The number of hydrogen-bond donors (Lipinski definition) is 0. The lowest BCUT2D eigenvalue weighted by Gasteiger charge is -2.25. The van der Waals surface area contributed by atoms with Crippen LogP contribution in [-0.4, -0.2) is 11.9 Å². The monoisotopic (exact) mass is 756 g/mol. The zero-order chi connectivity index (χ0) is 40.1. The van der Waals surface area contributed by atoms with Gasteiger partial charge in [0.25, 0.3) is 0 Å². The largest absolute Gasteiger partial charge is 0.423 e. The van der Waals surface area contributed by atoms with Crippen molar-refractivity contribution >= 4 is 70.4 Å². The van der Waals surface area contributed by atoms with E-state index >= 15 is 0 Å². The van der Waals surface area contributed by atoms with Gasteiger partial charge in [0.2, 0.25) is 0 Å². The molecule has 0 aliphatic carbocycles. The van der Waals surface area contributed by atoms with E-state index < -0.39 is 11.9 Å². The Balaban J connectivity index is 1.01. The second kappa shape index (κ2) is 18.6. The highest BCUT2D eigenvalue weighted by Gasteiger charge is 2.14. The van der Waals surface area contributed by atoms with Crippen LogP contribution in [0.25, 0.3) is 24.3 Å². The van der Waals surface area contributed by atoms with Gasteiger partial charge in [-0.1, -0.05) is 122 Å². The van der Waals surface area contributed by atoms with Crippen molar-refractivity contribution in [1.82, 2.24) is 0 Å². The van der Waals surface area contributed by atoms with Crippen LogP contribution in [0.1, 0.15) is 22.3 Å². The molecule has 0 aliphatic rings. The van der Waals surface area contributed by atoms with E-state index in [0.717, 1.165) is 68.5 Å². The first kappa shape index (κ1) is 38.3. The molecule has 7 rings (SSSR count). The van der Waals surface area contributed by atoms with Crippen molar-refractivity contribution in [2.45, 2.75) is 0 Å². The Kier molecular flexibility index (Phi) is 12.3. The Bertz CT molecular complexity index is 2350. The van der Waals surface area contributed by atoms with Gasteiger partial charge in [0.1, 0.15) is 11.5 Å². The Morgan fingerprint density at radius 2 is 0.586 bits per heavy atom. The van der Waals surface area contributed by atoms with Crippen molar-refractivity contribution < 1.29 is 19.1 Å². The molecule has 282 valence electrons. The fraction of sp³-hybridized carbons (Fsp3) is 0. The number of carbonyl (C=O) groups excluding carboxylic acids is 2.